The molecule has 6 heteroatoms. The molecule has 1 atom stereocenters. The third-order valence-corrected chi connectivity index (χ3v) is 4.74. The van der Waals surface area contributed by atoms with E-state index in [1.807, 2.05) is 35.7 Å². The molecule has 2 heterocycles. The Morgan fingerprint density at radius 1 is 1.38 bits per heavy atom. The van der Waals surface area contributed by atoms with Crippen LogP contribution in [-0.2, 0) is 11.3 Å². The van der Waals surface area contributed by atoms with Crippen LogP contribution in [0.5, 0.6) is 11.5 Å². The largest absolute Gasteiger partial charge is 0.493 e. The Balaban J connectivity index is 1.57. The van der Waals surface area contributed by atoms with E-state index in [-0.39, 0.29) is 12.0 Å². The van der Waals surface area contributed by atoms with E-state index in [4.69, 9.17) is 14.2 Å². The lowest BCUT2D eigenvalue weighted by Gasteiger charge is -2.15. The minimum Gasteiger partial charge on any atom is -0.493 e. The van der Waals surface area contributed by atoms with Gasteiger partial charge in [0.1, 0.15) is 6.61 Å². The van der Waals surface area contributed by atoms with E-state index in [9.17, 15) is 4.79 Å². The third-order valence-electron chi connectivity index (χ3n) is 3.87. The molecule has 1 aromatic carbocycles. The molecule has 1 saturated heterocycles. The maximum Gasteiger partial charge on any atom is 0.261 e. The predicted octanol–water partition coefficient (Wildman–Crippen LogP) is 3.24. The molecule has 1 aromatic heterocycles. The van der Waals surface area contributed by atoms with Crippen molar-refractivity contribution in [3.05, 3.63) is 46.2 Å². The molecule has 0 spiro atoms. The van der Waals surface area contributed by atoms with Crippen LogP contribution in [0.15, 0.2) is 35.7 Å². The second-order valence-electron chi connectivity index (χ2n) is 5.59. The van der Waals surface area contributed by atoms with Crippen molar-refractivity contribution in [2.75, 3.05) is 20.3 Å². The van der Waals surface area contributed by atoms with Gasteiger partial charge in [-0.2, -0.15) is 0 Å². The van der Waals surface area contributed by atoms with Gasteiger partial charge in [-0.1, -0.05) is 12.1 Å². The van der Waals surface area contributed by atoms with E-state index >= 15 is 0 Å². The predicted molar refractivity (Wildman–Crippen MR) is 93.0 cm³/mol. The number of methoxy groups -OCH3 is 1. The summed E-state index contributed by atoms with van der Waals surface area (Å²) in [7, 11) is 1.61. The summed E-state index contributed by atoms with van der Waals surface area (Å²) in [5, 5.41) is 4.79. The molecular weight excluding hydrogens is 326 g/mol. The third kappa shape index (κ3) is 4.27. The van der Waals surface area contributed by atoms with E-state index < -0.39 is 0 Å². The molecule has 1 fully saturated rings. The number of benzene rings is 1. The summed E-state index contributed by atoms with van der Waals surface area (Å²) < 4.78 is 16.8. The van der Waals surface area contributed by atoms with Crippen molar-refractivity contribution in [2.45, 2.75) is 25.5 Å². The zero-order valence-corrected chi connectivity index (χ0v) is 14.4. The van der Waals surface area contributed by atoms with Crippen LogP contribution in [0.4, 0.5) is 0 Å². The molecular formula is C18H21NO4S. The monoisotopic (exact) mass is 347 g/mol. The summed E-state index contributed by atoms with van der Waals surface area (Å²) >= 11 is 1.43. The Morgan fingerprint density at radius 2 is 2.29 bits per heavy atom. The average molecular weight is 347 g/mol. The number of hydrogen-bond acceptors (Lipinski definition) is 5. The van der Waals surface area contributed by atoms with Gasteiger partial charge in [0, 0.05) is 13.2 Å². The lowest BCUT2D eigenvalue weighted by molar-refractivity contribution is 0.0669. The van der Waals surface area contributed by atoms with Crippen LogP contribution in [-0.4, -0.2) is 32.3 Å². The fourth-order valence-electron chi connectivity index (χ4n) is 2.58. The molecule has 128 valence electrons. The van der Waals surface area contributed by atoms with Crippen LogP contribution in [0.2, 0.25) is 0 Å². The maximum absolute atomic E-state index is 12.0. The zero-order valence-electron chi connectivity index (χ0n) is 13.6. The van der Waals surface area contributed by atoms with Crippen molar-refractivity contribution >= 4 is 17.2 Å². The SMILES string of the molecule is COc1cc(CNC(=O)c2cccs2)ccc1OCC1CCCO1. The van der Waals surface area contributed by atoms with Crippen molar-refractivity contribution in [1.82, 2.24) is 5.32 Å². The number of amides is 1. The topological polar surface area (TPSA) is 56.8 Å². The van der Waals surface area contributed by atoms with E-state index in [1.165, 1.54) is 11.3 Å². The molecule has 0 saturated carbocycles. The quantitative estimate of drug-likeness (QED) is 0.835. The van der Waals surface area contributed by atoms with Crippen LogP contribution in [0.25, 0.3) is 0 Å². The van der Waals surface area contributed by atoms with Gasteiger partial charge < -0.3 is 19.5 Å². The van der Waals surface area contributed by atoms with E-state index in [2.05, 4.69) is 5.32 Å². The maximum atomic E-state index is 12.0. The highest BCUT2D eigenvalue weighted by Gasteiger charge is 2.17. The van der Waals surface area contributed by atoms with Crippen molar-refractivity contribution in [1.29, 1.82) is 0 Å². The molecule has 0 radical (unpaired) electrons. The minimum atomic E-state index is -0.0670. The molecule has 5 nitrogen and oxygen atoms in total. The van der Waals surface area contributed by atoms with Crippen molar-refractivity contribution in [3.63, 3.8) is 0 Å². The van der Waals surface area contributed by atoms with Gasteiger partial charge in [-0.25, -0.2) is 0 Å². The zero-order chi connectivity index (χ0) is 16.8. The first kappa shape index (κ1) is 16.8. The highest BCUT2D eigenvalue weighted by atomic mass is 32.1. The summed E-state index contributed by atoms with van der Waals surface area (Å²) in [6, 6.07) is 9.37. The van der Waals surface area contributed by atoms with Gasteiger partial charge in [-0.3, -0.25) is 4.79 Å². The molecule has 1 amide bonds. The number of carbonyl (C=O) groups is 1. The van der Waals surface area contributed by atoms with Gasteiger partial charge in [0.05, 0.1) is 18.1 Å². The molecule has 1 unspecified atom stereocenters. The highest BCUT2D eigenvalue weighted by molar-refractivity contribution is 7.12. The van der Waals surface area contributed by atoms with Gasteiger partial charge in [0.25, 0.3) is 5.91 Å². The number of rotatable bonds is 7. The van der Waals surface area contributed by atoms with Crippen LogP contribution in [0, 0.1) is 0 Å². The Hall–Kier alpha value is -2.05. The minimum absolute atomic E-state index is 0.0670. The number of nitrogens with one attached hydrogen (secondary N) is 1. The van der Waals surface area contributed by atoms with Crippen LogP contribution in [0.3, 0.4) is 0 Å². The van der Waals surface area contributed by atoms with Crippen LogP contribution in [0.1, 0.15) is 28.1 Å². The van der Waals surface area contributed by atoms with Crippen molar-refractivity contribution < 1.29 is 19.0 Å². The number of ether oxygens (including phenoxy) is 3. The van der Waals surface area contributed by atoms with Gasteiger partial charge in [-0.15, -0.1) is 11.3 Å². The summed E-state index contributed by atoms with van der Waals surface area (Å²) in [5.74, 6) is 1.29. The van der Waals surface area contributed by atoms with E-state index in [0.717, 1.165) is 25.0 Å². The van der Waals surface area contributed by atoms with Crippen LogP contribution < -0.4 is 14.8 Å². The summed E-state index contributed by atoms with van der Waals surface area (Å²) in [6.45, 7) is 1.79. The van der Waals surface area contributed by atoms with Crippen molar-refractivity contribution in [2.24, 2.45) is 0 Å². The van der Waals surface area contributed by atoms with E-state index in [1.54, 1.807) is 7.11 Å². The molecule has 1 aliphatic rings. The van der Waals surface area contributed by atoms with Crippen molar-refractivity contribution in [3.8, 4) is 11.5 Å². The molecule has 1 aliphatic heterocycles. The fraction of sp³-hybridized carbons (Fsp3) is 0.389. The first-order valence-electron chi connectivity index (χ1n) is 7.99. The number of hydrogen-bond donors (Lipinski definition) is 1. The van der Waals surface area contributed by atoms with E-state index in [0.29, 0.717) is 29.5 Å². The number of thiophene rings is 1. The summed E-state index contributed by atoms with van der Waals surface area (Å²) in [4.78, 5) is 12.7. The lowest BCUT2D eigenvalue weighted by Crippen LogP contribution is -2.21. The molecule has 24 heavy (non-hydrogen) atoms. The van der Waals surface area contributed by atoms with Crippen LogP contribution >= 0.6 is 11.3 Å². The second-order valence-corrected chi connectivity index (χ2v) is 6.54. The van der Waals surface area contributed by atoms with Gasteiger partial charge in [0.15, 0.2) is 11.5 Å². The standard InChI is InChI=1S/C18H21NO4S/c1-21-16-10-13(11-19-18(20)17-5-3-9-24-17)6-7-15(16)23-12-14-4-2-8-22-14/h3,5-7,9-10,14H,2,4,8,11-12H2,1H3,(H,19,20). The first-order valence-corrected chi connectivity index (χ1v) is 8.87. The normalized spacial score (nSPS) is 16.8. The summed E-state index contributed by atoms with van der Waals surface area (Å²) in [5.41, 5.74) is 0.959. The Labute approximate surface area is 145 Å². The van der Waals surface area contributed by atoms with Gasteiger partial charge in [0.2, 0.25) is 0 Å². The highest BCUT2D eigenvalue weighted by Crippen LogP contribution is 2.29. The lowest BCUT2D eigenvalue weighted by atomic mass is 10.2. The first-order chi connectivity index (χ1) is 11.8. The smallest absolute Gasteiger partial charge is 0.261 e. The molecule has 3 rings (SSSR count). The molecule has 1 N–H and O–H groups in total. The number of carbonyl (C=O) groups excluding carboxylic acids is 1. The molecule has 2 aromatic rings. The Bertz CT molecular complexity index is 666. The Kier molecular flexibility index (Phi) is 5.72. The fourth-order valence-corrected chi connectivity index (χ4v) is 3.22. The summed E-state index contributed by atoms with van der Waals surface area (Å²) in [6.07, 6.45) is 2.29. The van der Waals surface area contributed by atoms with Gasteiger partial charge in [-0.05, 0) is 42.0 Å². The second kappa shape index (κ2) is 8.17. The Morgan fingerprint density at radius 3 is 3.00 bits per heavy atom. The average Bonchev–Trinajstić information content (AvgIpc) is 3.31. The molecule has 0 bridgehead atoms. The van der Waals surface area contributed by atoms with Gasteiger partial charge >= 0.3 is 0 Å². The molecule has 0 aliphatic carbocycles.